The number of alkyl halides is 3. The Labute approximate surface area is 98.2 Å². The third-order valence-corrected chi connectivity index (χ3v) is 2.31. The zero-order valence-corrected chi connectivity index (χ0v) is 8.88. The number of nitrogens with zero attached hydrogens (tertiary/aromatic N) is 2. The predicted octanol–water partition coefficient (Wildman–Crippen LogP) is 3.11. The van der Waals surface area contributed by atoms with Crippen LogP contribution in [0, 0.1) is 0 Å². The van der Waals surface area contributed by atoms with E-state index in [9.17, 15) is 18.0 Å². The summed E-state index contributed by atoms with van der Waals surface area (Å²) in [6.07, 6.45) is -4.21. The first-order valence-corrected chi connectivity index (χ1v) is 4.80. The molecule has 0 fully saturated rings. The van der Waals surface area contributed by atoms with Crippen LogP contribution in [0.1, 0.15) is 16.1 Å². The average molecular weight is 261 g/mol. The van der Waals surface area contributed by atoms with E-state index >= 15 is 0 Å². The Balaban J connectivity index is 2.90. The summed E-state index contributed by atoms with van der Waals surface area (Å²) < 4.78 is 38.1. The maximum absolute atomic E-state index is 12.7. The van der Waals surface area contributed by atoms with E-state index in [4.69, 9.17) is 11.6 Å². The first-order chi connectivity index (χ1) is 7.93. The van der Waals surface area contributed by atoms with E-state index in [0.717, 1.165) is 6.07 Å². The molecule has 1 aromatic heterocycles. The van der Waals surface area contributed by atoms with Gasteiger partial charge in [0.05, 0.1) is 11.1 Å². The van der Waals surface area contributed by atoms with Gasteiger partial charge in [-0.25, -0.2) is 9.97 Å². The highest BCUT2D eigenvalue weighted by molar-refractivity contribution is 6.28. The third kappa shape index (κ3) is 2.08. The van der Waals surface area contributed by atoms with Crippen LogP contribution in [-0.4, -0.2) is 16.3 Å². The summed E-state index contributed by atoms with van der Waals surface area (Å²) in [5.74, 6) is 0. The van der Waals surface area contributed by atoms with Crippen molar-refractivity contribution in [1.82, 2.24) is 9.97 Å². The molecule has 2 rings (SSSR count). The van der Waals surface area contributed by atoms with Gasteiger partial charge in [-0.3, -0.25) is 4.79 Å². The number of rotatable bonds is 1. The van der Waals surface area contributed by atoms with Crippen LogP contribution in [-0.2, 0) is 6.18 Å². The number of para-hydroxylation sites is 1. The minimum absolute atomic E-state index is 0.0271. The summed E-state index contributed by atoms with van der Waals surface area (Å²) in [4.78, 5) is 17.8. The molecule has 17 heavy (non-hydrogen) atoms. The molecule has 0 spiro atoms. The van der Waals surface area contributed by atoms with Gasteiger partial charge in [-0.1, -0.05) is 12.1 Å². The normalized spacial score (nSPS) is 11.8. The number of fused-ring (bicyclic) bond motifs is 1. The lowest BCUT2D eigenvalue weighted by Crippen LogP contribution is -2.07. The van der Waals surface area contributed by atoms with Gasteiger partial charge >= 0.3 is 6.18 Å². The summed E-state index contributed by atoms with van der Waals surface area (Å²) in [6.45, 7) is 0. The topological polar surface area (TPSA) is 42.9 Å². The van der Waals surface area contributed by atoms with Gasteiger partial charge in [0.25, 0.3) is 0 Å². The second kappa shape index (κ2) is 3.96. The maximum atomic E-state index is 12.7. The molecule has 2 aromatic rings. The van der Waals surface area contributed by atoms with Crippen molar-refractivity contribution in [2.75, 3.05) is 0 Å². The van der Waals surface area contributed by atoms with Crippen molar-refractivity contribution in [3.05, 3.63) is 34.7 Å². The molecule has 0 saturated carbocycles. The number of hydrogen-bond acceptors (Lipinski definition) is 3. The number of carbonyl (C=O) groups excluding carboxylic acids is 1. The van der Waals surface area contributed by atoms with Gasteiger partial charge in [0.1, 0.15) is 5.69 Å². The lowest BCUT2D eigenvalue weighted by Gasteiger charge is -2.10. The molecule has 0 N–H and O–H groups in total. The zero-order chi connectivity index (χ0) is 12.6. The Morgan fingerprint density at radius 3 is 2.53 bits per heavy atom. The van der Waals surface area contributed by atoms with Crippen LogP contribution in [0.25, 0.3) is 10.9 Å². The van der Waals surface area contributed by atoms with Gasteiger partial charge in [-0.15, -0.1) is 0 Å². The van der Waals surface area contributed by atoms with E-state index < -0.39 is 17.0 Å². The first-order valence-electron chi connectivity index (χ1n) is 4.42. The van der Waals surface area contributed by atoms with Crippen LogP contribution in [0.5, 0.6) is 0 Å². The number of halogens is 4. The highest BCUT2D eigenvalue weighted by Gasteiger charge is 2.33. The zero-order valence-electron chi connectivity index (χ0n) is 8.12. The van der Waals surface area contributed by atoms with Gasteiger partial charge in [0.2, 0.25) is 5.28 Å². The highest BCUT2D eigenvalue weighted by Crippen LogP contribution is 2.34. The van der Waals surface area contributed by atoms with E-state index in [1.54, 1.807) is 0 Å². The van der Waals surface area contributed by atoms with Crippen LogP contribution in [0.2, 0.25) is 5.28 Å². The van der Waals surface area contributed by atoms with Crippen LogP contribution >= 0.6 is 11.6 Å². The molecule has 0 aliphatic carbocycles. The van der Waals surface area contributed by atoms with Crippen LogP contribution in [0.15, 0.2) is 18.2 Å². The minimum atomic E-state index is -4.56. The Kier molecular flexibility index (Phi) is 2.74. The summed E-state index contributed by atoms with van der Waals surface area (Å²) in [6, 6.07) is 3.40. The minimum Gasteiger partial charge on any atom is -0.296 e. The van der Waals surface area contributed by atoms with Crippen molar-refractivity contribution < 1.29 is 18.0 Å². The molecule has 0 aliphatic rings. The molecule has 0 amide bonds. The number of benzene rings is 1. The second-order valence-corrected chi connectivity index (χ2v) is 3.53. The van der Waals surface area contributed by atoms with Crippen molar-refractivity contribution in [1.29, 1.82) is 0 Å². The average Bonchev–Trinajstić information content (AvgIpc) is 2.25. The van der Waals surface area contributed by atoms with Crippen molar-refractivity contribution in [2.24, 2.45) is 0 Å². The molecular formula is C10H4ClF3N2O. The predicted molar refractivity (Wildman–Crippen MR) is 54.9 cm³/mol. The maximum Gasteiger partial charge on any atom is 0.418 e. The van der Waals surface area contributed by atoms with Crippen molar-refractivity contribution in [2.45, 2.75) is 6.18 Å². The van der Waals surface area contributed by atoms with Crippen LogP contribution in [0.3, 0.4) is 0 Å². The van der Waals surface area contributed by atoms with E-state index in [-0.39, 0.29) is 16.6 Å². The molecule has 3 nitrogen and oxygen atoms in total. The van der Waals surface area contributed by atoms with E-state index in [1.165, 1.54) is 12.1 Å². The Morgan fingerprint density at radius 1 is 1.24 bits per heavy atom. The molecular weight excluding hydrogens is 257 g/mol. The fourth-order valence-electron chi connectivity index (χ4n) is 1.47. The Morgan fingerprint density at radius 2 is 1.94 bits per heavy atom. The number of hydrogen-bond donors (Lipinski definition) is 0. The molecule has 0 saturated heterocycles. The molecule has 0 aliphatic heterocycles. The van der Waals surface area contributed by atoms with Crippen LogP contribution < -0.4 is 0 Å². The summed E-state index contributed by atoms with van der Waals surface area (Å²) in [5, 5.41) is -0.365. The largest absolute Gasteiger partial charge is 0.418 e. The summed E-state index contributed by atoms with van der Waals surface area (Å²) >= 11 is 5.48. The third-order valence-electron chi connectivity index (χ3n) is 2.15. The first kappa shape index (κ1) is 11.8. The molecule has 0 unspecified atom stereocenters. The van der Waals surface area contributed by atoms with Gasteiger partial charge in [0, 0.05) is 5.39 Å². The lowest BCUT2D eigenvalue weighted by atomic mass is 10.1. The quantitative estimate of drug-likeness (QED) is 0.584. The van der Waals surface area contributed by atoms with Gasteiger partial charge in [-0.2, -0.15) is 13.2 Å². The SMILES string of the molecule is O=Cc1nc(Cl)nc2c(C(F)(F)F)cccc12. The molecule has 7 heteroatoms. The molecule has 1 heterocycles. The summed E-state index contributed by atoms with van der Waals surface area (Å²) in [7, 11) is 0. The fourth-order valence-corrected chi connectivity index (χ4v) is 1.64. The summed E-state index contributed by atoms with van der Waals surface area (Å²) in [5.41, 5.74) is -1.48. The van der Waals surface area contributed by atoms with E-state index in [0.29, 0.717) is 6.29 Å². The molecule has 0 atom stereocenters. The fraction of sp³-hybridized carbons (Fsp3) is 0.100. The number of carbonyl (C=O) groups is 1. The number of aromatic nitrogens is 2. The smallest absolute Gasteiger partial charge is 0.296 e. The van der Waals surface area contributed by atoms with Crippen molar-refractivity contribution >= 4 is 28.8 Å². The monoisotopic (exact) mass is 260 g/mol. The highest BCUT2D eigenvalue weighted by atomic mass is 35.5. The van der Waals surface area contributed by atoms with Crippen molar-refractivity contribution in [3.8, 4) is 0 Å². The molecule has 0 bridgehead atoms. The second-order valence-electron chi connectivity index (χ2n) is 3.20. The lowest BCUT2D eigenvalue weighted by molar-refractivity contribution is -0.136. The van der Waals surface area contributed by atoms with Crippen LogP contribution in [0.4, 0.5) is 13.2 Å². The Bertz CT molecular complexity index is 598. The van der Waals surface area contributed by atoms with Gasteiger partial charge in [0.15, 0.2) is 6.29 Å². The van der Waals surface area contributed by atoms with Crippen molar-refractivity contribution in [3.63, 3.8) is 0 Å². The number of aldehydes is 1. The standard InChI is InChI=1S/C10H4ClF3N2O/c11-9-15-7(4-17)5-2-1-3-6(8(5)16-9)10(12,13)14/h1-4H. The molecule has 88 valence electrons. The molecule has 0 radical (unpaired) electrons. The van der Waals surface area contributed by atoms with E-state index in [1.807, 2.05) is 0 Å². The molecule has 1 aromatic carbocycles. The van der Waals surface area contributed by atoms with Gasteiger partial charge in [-0.05, 0) is 17.7 Å². The Hall–Kier alpha value is -1.69. The van der Waals surface area contributed by atoms with E-state index in [2.05, 4.69) is 9.97 Å². The van der Waals surface area contributed by atoms with Gasteiger partial charge < -0.3 is 0 Å².